The smallest absolute Gasteiger partial charge is 0.293 e. The predicted molar refractivity (Wildman–Crippen MR) is 153 cm³/mol. The van der Waals surface area contributed by atoms with Crippen LogP contribution in [0, 0.1) is 0 Å². The summed E-state index contributed by atoms with van der Waals surface area (Å²) in [4.78, 5) is 2.56. The number of anilines is 1. The Kier molecular flexibility index (Phi) is 10.9. The third-order valence-electron chi connectivity index (χ3n) is 6.55. The van der Waals surface area contributed by atoms with E-state index in [1.165, 1.54) is 59.8 Å². The summed E-state index contributed by atoms with van der Waals surface area (Å²) >= 11 is 0. The number of rotatable bonds is 11. The summed E-state index contributed by atoms with van der Waals surface area (Å²) < 4.78 is 35.9. The van der Waals surface area contributed by atoms with E-state index >= 15 is 0 Å². The number of aryl methyl sites for hydroxylation is 1. The molecule has 0 radical (unpaired) electrons. The van der Waals surface area contributed by atoms with E-state index in [-0.39, 0.29) is 5.03 Å². The molecule has 3 aromatic carbocycles. The van der Waals surface area contributed by atoms with Gasteiger partial charge in [-0.3, -0.25) is 0 Å². The first-order chi connectivity index (χ1) is 17.9. The lowest BCUT2D eigenvalue weighted by molar-refractivity contribution is -0.732. The van der Waals surface area contributed by atoms with Crippen LogP contribution in [0.4, 0.5) is 5.69 Å². The van der Waals surface area contributed by atoms with Crippen molar-refractivity contribution in [3.63, 3.8) is 0 Å². The van der Waals surface area contributed by atoms with Crippen LogP contribution in [0.5, 0.6) is 0 Å². The fourth-order valence-corrected chi connectivity index (χ4v) is 5.44. The van der Waals surface area contributed by atoms with Gasteiger partial charge in [0.2, 0.25) is 0 Å². The average Bonchev–Trinajstić information content (AvgIpc) is 2.91. The number of aromatic nitrogens is 1. The largest absolute Gasteiger partial charge is 0.740 e. The number of hydrogen-bond acceptors (Lipinski definition) is 4. The summed E-state index contributed by atoms with van der Waals surface area (Å²) in [5.74, 6) is 0. The first kappa shape index (κ1) is 28.6. The van der Waals surface area contributed by atoms with Gasteiger partial charge in [0.25, 0.3) is 5.03 Å². The van der Waals surface area contributed by atoms with Gasteiger partial charge in [-0.1, -0.05) is 94.6 Å². The molecule has 0 saturated carbocycles. The Labute approximate surface area is 222 Å². The van der Waals surface area contributed by atoms with E-state index < -0.39 is 10.1 Å². The molecule has 0 atom stereocenters. The molecule has 4 rings (SSSR count). The van der Waals surface area contributed by atoms with Gasteiger partial charge < -0.3 is 9.45 Å². The van der Waals surface area contributed by atoms with Crippen molar-refractivity contribution in [3.8, 4) is 0 Å². The average molecular weight is 521 g/mol. The second-order valence-corrected chi connectivity index (χ2v) is 10.7. The molecule has 0 saturated heterocycles. The van der Waals surface area contributed by atoms with Crippen molar-refractivity contribution in [1.29, 1.82) is 0 Å². The number of hydrogen-bond donors (Lipinski definition) is 0. The first-order valence-corrected chi connectivity index (χ1v) is 14.9. The van der Waals surface area contributed by atoms with Crippen LogP contribution < -0.4 is 9.47 Å². The van der Waals surface area contributed by atoms with Crippen molar-refractivity contribution in [2.45, 2.75) is 70.9 Å². The Morgan fingerprint density at radius 2 is 1.24 bits per heavy atom. The Morgan fingerprint density at radius 3 is 1.84 bits per heavy atom. The molecule has 0 bridgehead atoms. The Hall–Kier alpha value is -2.96. The molecule has 0 aliphatic heterocycles. The highest BCUT2D eigenvalue weighted by Gasteiger charge is 2.20. The molecule has 0 fully saturated rings. The van der Waals surface area contributed by atoms with E-state index in [4.69, 9.17) is 0 Å². The first-order valence-electron chi connectivity index (χ1n) is 13.5. The highest BCUT2D eigenvalue weighted by molar-refractivity contribution is 7.85. The molecule has 0 spiro atoms. The van der Waals surface area contributed by atoms with Gasteiger partial charge in [-0.15, -0.1) is 0 Å². The molecule has 0 aliphatic rings. The van der Waals surface area contributed by atoms with Crippen molar-refractivity contribution in [3.05, 3.63) is 79.0 Å². The van der Waals surface area contributed by atoms with Crippen molar-refractivity contribution in [2.75, 3.05) is 18.0 Å². The van der Waals surface area contributed by atoms with Gasteiger partial charge in [0, 0.05) is 36.7 Å². The van der Waals surface area contributed by atoms with Crippen LogP contribution >= 0.6 is 0 Å². The molecule has 1 heterocycles. The zero-order chi connectivity index (χ0) is 26.7. The van der Waals surface area contributed by atoms with Crippen molar-refractivity contribution in [2.24, 2.45) is 0 Å². The van der Waals surface area contributed by atoms with Gasteiger partial charge in [0.05, 0.1) is 5.39 Å². The van der Waals surface area contributed by atoms with Gasteiger partial charge >= 0.3 is 0 Å². The Bertz CT molecular complexity index is 1370. The molecular weight excluding hydrogens is 480 g/mol. The highest BCUT2D eigenvalue weighted by Crippen LogP contribution is 2.27. The van der Waals surface area contributed by atoms with Crippen LogP contribution in [0.1, 0.15) is 59.3 Å². The van der Waals surface area contributed by atoms with Gasteiger partial charge in [-0.05, 0) is 35.7 Å². The van der Waals surface area contributed by atoms with E-state index in [1.807, 2.05) is 19.1 Å². The molecule has 37 heavy (non-hydrogen) atoms. The van der Waals surface area contributed by atoms with E-state index in [2.05, 4.69) is 61.2 Å². The summed E-state index contributed by atoms with van der Waals surface area (Å²) in [6, 6.07) is 24.2. The van der Waals surface area contributed by atoms with E-state index in [9.17, 15) is 13.0 Å². The maximum atomic E-state index is 11.5. The van der Waals surface area contributed by atoms with Crippen LogP contribution in [-0.4, -0.2) is 26.1 Å². The highest BCUT2D eigenvalue weighted by atomic mass is 32.2. The molecule has 0 aliphatic carbocycles. The van der Waals surface area contributed by atoms with E-state index in [1.54, 1.807) is 24.4 Å². The third kappa shape index (κ3) is 7.76. The number of fused-ring (bicyclic) bond motifs is 2. The number of unbranched alkanes of at least 4 members (excludes halogenated alkanes) is 3. The second kappa shape index (κ2) is 14.1. The number of nitrogens with zero attached hydrogens (tertiary/aromatic N) is 2. The summed E-state index contributed by atoms with van der Waals surface area (Å²) in [6.07, 6.45) is 8.51. The zero-order valence-electron chi connectivity index (χ0n) is 22.4. The normalized spacial score (nSPS) is 11.4. The minimum Gasteiger partial charge on any atom is -0.740 e. The predicted octanol–water partition coefficient (Wildman–Crippen LogP) is 7.08. The van der Waals surface area contributed by atoms with Crippen LogP contribution in [0.15, 0.2) is 84.0 Å². The van der Waals surface area contributed by atoms with Gasteiger partial charge in [0.1, 0.15) is 6.54 Å². The lowest BCUT2D eigenvalue weighted by Gasteiger charge is -2.26. The number of pyridine rings is 1. The molecule has 0 amide bonds. The van der Waals surface area contributed by atoms with Crippen LogP contribution in [0.25, 0.3) is 21.5 Å². The summed E-state index contributed by atoms with van der Waals surface area (Å²) in [5, 5.41) is 3.86. The number of benzene rings is 3. The third-order valence-corrected chi connectivity index (χ3v) is 7.47. The minimum absolute atomic E-state index is 0.131. The summed E-state index contributed by atoms with van der Waals surface area (Å²) in [5.41, 5.74) is 1.40. The maximum absolute atomic E-state index is 11.5. The SMILES string of the molecule is CCCCN(CCCC)c1cccc2ccccc12.CCCC[n+]1ccc2ccccc2c1S(=O)(=O)[O-]. The lowest BCUT2D eigenvalue weighted by atomic mass is 10.1. The standard InChI is InChI=1S/C18H25N.C13H15NO3S/c1-3-5-14-19(15-6-4-2)18-13-9-11-16-10-7-8-12-17(16)18;1-2-3-9-14-10-8-11-6-4-5-7-12(11)13(14)18(15,16)17/h7-13H,3-6,14-15H2,1-2H3;4-8,10H,2-3,9H2,1H3. The summed E-state index contributed by atoms with van der Waals surface area (Å²) in [6.45, 7) is 9.43. The molecule has 6 heteroatoms. The zero-order valence-corrected chi connectivity index (χ0v) is 23.2. The van der Waals surface area contributed by atoms with Crippen molar-refractivity contribution < 1.29 is 17.5 Å². The molecule has 0 unspecified atom stereocenters. The molecular formula is C31H40N2O3S. The topological polar surface area (TPSA) is 64.3 Å². The second-order valence-electron chi connectivity index (χ2n) is 9.40. The monoisotopic (exact) mass is 520 g/mol. The summed E-state index contributed by atoms with van der Waals surface area (Å²) in [7, 11) is -4.48. The minimum atomic E-state index is -4.48. The lowest BCUT2D eigenvalue weighted by Crippen LogP contribution is -2.39. The molecule has 4 aromatic rings. The van der Waals surface area contributed by atoms with Crippen LogP contribution in [0.3, 0.4) is 0 Å². The van der Waals surface area contributed by atoms with Gasteiger partial charge in [-0.25, -0.2) is 8.42 Å². The fourth-order valence-electron chi connectivity index (χ4n) is 4.55. The van der Waals surface area contributed by atoms with Gasteiger partial charge in [-0.2, -0.15) is 4.57 Å². The van der Waals surface area contributed by atoms with E-state index in [0.717, 1.165) is 18.2 Å². The molecule has 1 aromatic heterocycles. The fraction of sp³-hybridized carbons (Fsp3) is 0.387. The Balaban J connectivity index is 0.000000206. The molecule has 0 N–H and O–H groups in total. The van der Waals surface area contributed by atoms with Crippen LogP contribution in [-0.2, 0) is 16.7 Å². The van der Waals surface area contributed by atoms with Crippen molar-refractivity contribution >= 4 is 37.4 Å². The van der Waals surface area contributed by atoms with E-state index in [0.29, 0.717) is 11.9 Å². The quantitative estimate of drug-likeness (QED) is 0.157. The van der Waals surface area contributed by atoms with Crippen LogP contribution in [0.2, 0.25) is 0 Å². The van der Waals surface area contributed by atoms with Crippen molar-refractivity contribution in [1.82, 2.24) is 0 Å². The Morgan fingerprint density at radius 1 is 0.703 bits per heavy atom. The van der Waals surface area contributed by atoms with Gasteiger partial charge in [0.15, 0.2) is 16.3 Å². The molecule has 198 valence electrons. The molecule has 5 nitrogen and oxygen atoms in total. The maximum Gasteiger partial charge on any atom is 0.293 e.